The van der Waals surface area contributed by atoms with Crippen molar-refractivity contribution in [2.24, 2.45) is 0 Å². The number of fused-ring (bicyclic) bond motifs is 1. The van der Waals surface area contributed by atoms with Crippen LogP contribution in [0.25, 0.3) is 22.6 Å². The van der Waals surface area contributed by atoms with Crippen molar-refractivity contribution in [1.82, 2.24) is 14.6 Å². The summed E-state index contributed by atoms with van der Waals surface area (Å²) >= 11 is 1.25. The summed E-state index contributed by atoms with van der Waals surface area (Å²) in [5.41, 5.74) is 0.568. The molecule has 0 aliphatic heterocycles. The molecule has 124 valence electrons. The Morgan fingerprint density at radius 1 is 1.28 bits per heavy atom. The molecule has 0 fully saturated rings. The van der Waals surface area contributed by atoms with Crippen LogP contribution >= 0.6 is 11.3 Å². The number of furan rings is 1. The lowest BCUT2D eigenvalue weighted by molar-refractivity contribution is -0.131. The van der Waals surface area contributed by atoms with Crippen LogP contribution < -0.4 is 14.8 Å². The number of aromatic nitrogens is 3. The zero-order valence-electron chi connectivity index (χ0n) is 13.0. The van der Waals surface area contributed by atoms with Crippen LogP contribution in [0.1, 0.15) is 12.5 Å². The van der Waals surface area contributed by atoms with E-state index in [1.165, 1.54) is 29.0 Å². The molecule has 3 heterocycles. The van der Waals surface area contributed by atoms with Crippen LogP contribution in [0.2, 0.25) is 0 Å². The third-order valence-electron chi connectivity index (χ3n) is 3.36. The lowest BCUT2D eigenvalue weighted by atomic mass is 10.2. The summed E-state index contributed by atoms with van der Waals surface area (Å²) in [6, 6.07) is 10.3. The summed E-state index contributed by atoms with van der Waals surface area (Å²) < 4.78 is 12.0. The normalized spacial score (nSPS) is 12.0. The van der Waals surface area contributed by atoms with Crippen LogP contribution in [0.4, 0.5) is 0 Å². The second-order valence-corrected chi connectivity index (χ2v) is 6.19. The number of carbonyl (C=O) groups is 1. The van der Waals surface area contributed by atoms with E-state index in [1.807, 2.05) is 0 Å². The van der Waals surface area contributed by atoms with E-state index in [4.69, 9.17) is 9.15 Å². The highest BCUT2D eigenvalue weighted by molar-refractivity contribution is 7.15. The smallest absolute Gasteiger partial charge is 0.308 e. The topological polar surface area (TPSA) is 86.7 Å². The lowest BCUT2D eigenvalue weighted by Crippen LogP contribution is -2.23. The minimum atomic E-state index is -0.378. The maximum atomic E-state index is 12.5. The number of esters is 1. The zero-order chi connectivity index (χ0) is 17.4. The largest absolute Gasteiger partial charge is 0.461 e. The fourth-order valence-electron chi connectivity index (χ4n) is 2.29. The molecule has 0 bridgehead atoms. The Morgan fingerprint density at radius 2 is 2.08 bits per heavy atom. The van der Waals surface area contributed by atoms with Gasteiger partial charge in [-0.15, -0.1) is 5.10 Å². The van der Waals surface area contributed by atoms with Crippen LogP contribution in [0, 0.1) is 0 Å². The number of carbonyl (C=O) groups excluding carboxylic acids is 1. The van der Waals surface area contributed by atoms with Gasteiger partial charge >= 0.3 is 5.97 Å². The molecule has 0 aliphatic carbocycles. The van der Waals surface area contributed by atoms with Crippen LogP contribution in [0.3, 0.4) is 0 Å². The number of benzene rings is 1. The van der Waals surface area contributed by atoms with Crippen molar-refractivity contribution in [3.8, 4) is 17.3 Å². The molecule has 8 heteroatoms. The molecule has 0 unspecified atom stereocenters. The summed E-state index contributed by atoms with van der Waals surface area (Å²) in [5.74, 6) is 0.974. The van der Waals surface area contributed by atoms with Crippen molar-refractivity contribution >= 4 is 28.3 Å². The second kappa shape index (κ2) is 5.99. The third kappa shape index (κ3) is 2.94. The average molecular weight is 353 g/mol. The first kappa shape index (κ1) is 15.3. The van der Waals surface area contributed by atoms with Crippen molar-refractivity contribution < 1.29 is 13.9 Å². The molecule has 0 amide bonds. The van der Waals surface area contributed by atoms with Gasteiger partial charge in [0.2, 0.25) is 10.8 Å². The molecular formula is C17H11N3O4S. The molecular weight excluding hydrogens is 342 g/mol. The highest BCUT2D eigenvalue weighted by Crippen LogP contribution is 2.17. The van der Waals surface area contributed by atoms with Gasteiger partial charge in [0.15, 0.2) is 5.76 Å². The molecule has 0 saturated heterocycles. The van der Waals surface area contributed by atoms with Gasteiger partial charge in [-0.05, 0) is 35.9 Å². The fraction of sp³-hybridized carbons (Fsp3) is 0.0588. The standard InChI is InChI=1S/C17H11N3O4S/c1-10(21)24-12-6-4-11(5-7-12)9-14-16(22)20-17(25-14)18-15(19-20)13-3-2-8-23-13/h2-9H,1H3/b14-9-. The lowest BCUT2D eigenvalue weighted by Gasteiger charge is -2.00. The third-order valence-corrected chi connectivity index (χ3v) is 4.32. The van der Waals surface area contributed by atoms with E-state index in [0.717, 1.165) is 5.56 Å². The molecule has 4 rings (SSSR count). The first-order valence-electron chi connectivity index (χ1n) is 7.34. The zero-order valence-corrected chi connectivity index (χ0v) is 13.8. The maximum Gasteiger partial charge on any atom is 0.308 e. The van der Waals surface area contributed by atoms with Crippen molar-refractivity contribution in [3.05, 3.63) is 63.1 Å². The van der Waals surface area contributed by atoms with Gasteiger partial charge in [-0.2, -0.15) is 9.50 Å². The molecule has 25 heavy (non-hydrogen) atoms. The van der Waals surface area contributed by atoms with Gasteiger partial charge in [0.25, 0.3) is 5.56 Å². The predicted molar refractivity (Wildman–Crippen MR) is 91.4 cm³/mol. The quantitative estimate of drug-likeness (QED) is 0.413. The summed E-state index contributed by atoms with van der Waals surface area (Å²) in [6.45, 7) is 1.34. The van der Waals surface area contributed by atoms with Gasteiger partial charge in [-0.25, -0.2) is 0 Å². The minimum absolute atomic E-state index is 0.241. The molecule has 0 saturated carbocycles. The van der Waals surface area contributed by atoms with Crippen LogP contribution in [0.15, 0.2) is 51.9 Å². The highest BCUT2D eigenvalue weighted by Gasteiger charge is 2.13. The van der Waals surface area contributed by atoms with Gasteiger partial charge in [-0.1, -0.05) is 23.5 Å². The molecule has 0 N–H and O–H groups in total. The van der Waals surface area contributed by atoms with E-state index >= 15 is 0 Å². The van der Waals surface area contributed by atoms with Crippen molar-refractivity contribution in [1.29, 1.82) is 0 Å². The van der Waals surface area contributed by atoms with Gasteiger partial charge in [0.1, 0.15) is 5.75 Å². The number of hydrogen-bond acceptors (Lipinski definition) is 7. The summed E-state index contributed by atoms with van der Waals surface area (Å²) in [5, 5.41) is 4.20. The molecule has 4 aromatic rings. The maximum absolute atomic E-state index is 12.5. The Balaban J connectivity index is 1.70. The van der Waals surface area contributed by atoms with E-state index < -0.39 is 0 Å². The number of thiazole rings is 1. The number of nitrogens with zero attached hydrogens (tertiary/aromatic N) is 3. The first-order chi connectivity index (χ1) is 12.1. The SMILES string of the molecule is CC(=O)Oc1ccc(/C=c2\sc3nc(-c4ccco4)nn3c2=O)cc1. The Bertz CT molecular complexity index is 1160. The Morgan fingerprint density at radius 3 is 2.72 bits per heavy atom. The van der Waals surface area contributed by atoms with Crippen LogP contribution in [-0.2, 0) is 4.79 Å². The molecule has 3 aromatic heterocycles. The molecule has 0 spiro atoms. The van der Waals surface area contributed by atoms with E-state index in [-0.39, 0.29) is 11.5 Å². The van der Waals surface area contributed by atoms with Crippen LogP contribution in [-0.4, -0.2) is 20.6 Å². The average Bonchev–Trinajstić information content (AvgIpc) is 3.28. The van der Waals surface area contributed by atoms with Gasteiger partial charge in [0, 0.05) is 6.92 Å². The van der Waals surface area contributed by atoms with Gasteiger partial charge in [-0.3, -0.25) is 9.59 Å². The Kier molecular flexibility index (Phi) is 3.66. The number of rotatable bonds is 3. The van der Waals surface area contributed by atoms with Crippen molar-refractivity contribution in [3.63, 3.8) is 0 Å². The molecule has 1 aromatic carbocycles. The molecule has 0 aliphatic rings. The van der Waals surface area contributed by atoms with Gasteiger partial charge in [0.05, 0.1) is 10.8 Å². The first-order valence-corrected chi connectivity index (χ1v) is 8.15. The Labute approximate surface area is 144 Å². The summed E-state index contributed by atoms with van der Waals surface area (Å²) in [6.07, 6.45) is 3.27. The van der Waals surface area contributed by atoms with Crippen LogP contribution in [0.5, 0.6) is 5.75 Å². The van der Waals surface area contributed by atoms with Crippen molar-refractivity contribution in [2.45, 2.75) is 6.92 Å². The highest BCUT2D eigenvalue weighted by atomic mass is 32.1. The molecule has 0 radical (unpaired) electrons. The van der Waals surface area contributed by atoms with E-state index in [0.29, 0.717) is 26.8 Å². The summed E-state index contributed by atoms with van der Waals surface area (Å²) in [4.78, 5) is 28.2. The van der Waals surface area contributed by atoms with E-state index in [2.05, 4.69) is 10.1 Å². The Hall–Kier alpha value is -3.26. The fourth-order valence-corrected chi connectivity index (χ4v) is 3.20. The number of ether oxygens (including phenoxy) is 1. The predicted octanol–water partition coefficient (Wildman–Crippen LogP) is 1.88. The summed E-state index contributed by atoms with van der Waals surface area (Å²) in [7, 11) is 0. The second-order valence-electron chi connectivity index (χ2n) is 5.19. The molecule has 0 atom stereocenters. The van der Waals surface area contributed by atoms with E-state index in [1.54, 1.807) is 42.5 Å². The molecule has 7 nitrogen and oxygen atoms in total. The number of hydrogen-bond donors (Lipinski definition) is 0. The van der Waals surface area contributed by atoms with Crippen molar-refractivity contribution in [2.75, 3.05) is 0 Å². The minimum Gasteiger partial charge on any atom is -0.461 e. The van der Waals surface area contributed by atoms with Gasteiger partial charge < -0.3 is 9.15 Å². The van der Waals surface area contributed by atoms with E-state index in [9.17, 15) is 9.59 Å². The monoisotopic (exact) mass is 353 g/mol.